The van der Waals surface area contributed by atoms with Crippen molar-refractivity contribution in [2.75, 3.05) is 16.4 Å². The number of carbonyl (C=O) groups is 2. The highest BCUT2D eigenvalue weighted by Crippen LogP contribution is 2.23. The summed E-state index contributed by atoms with van der Waals surface area (Å²) in [5.41, 5.74) is 2.48. The Morgan fingerprint density at radius 1 is 0.844 bits per heavy atom. The van der Waals surface area contributed by atoms with Gasteiger partial charge in [-0.25, -0.2) is 0 Å². The van der Waals surface area contributed by atoms with Crippen molar-refractivity contribution in [3.63, 3.8) is 0 Å². The molecule has 160 valence electrons. The molecule has 0 unspecified atom stereocenters. The van der Waals surface area contributed by atoms with E-state index < -0.39 is 0 Å². The molecule has 8 heteroatoms. The number of hydrogen-bond acceptors (Lipinski definition) is 5. The Labute approximate surface area is 189 Å². The van der Waals surface area contributed by atoms with Crippen LogP contribution in [0.2, 0.25) is 0 Å². The Morgan fingerprint density at radius 2 is 1.50 bits per heavy atom. The molecule has 32 heavy (non-hydrogen) atoms. The number of carbonyl (C=O) groups excluding carboxylic acids is 2. The molecular weight excluding hydrogens is 422 g/mol. The third kappa shape index (κ3) is 5.04. The summed E-state index contributed by atoms with van der Waals surface area (Å²) < 4.78 is 1.86. The van der Waals surface area contributed by atoms with Gasteiger partial charge < -0.3 is 15.2 Å². The molecule has 0 fully saturated rings. The molecule has 7 nitrogen and oxygen atoms in total. The number of nitrogens with one attached hydrogen (secondary N) is 2. The van der Waals surface area contributed by atoms with Crippen LogP contribution < -0.4 is 10.6 Å². The zero-order valence-corrected chi connectivity index (χ0v) is 18.2. The first-order valence-corrected chi connectivity index (χ1v) is 10.9. The van der Waals surface area contributed by atoms with Gasteiger partial charge in [-0.2, -0.15) is 0 Å². The van der Waals surface area contributed by atoms with Crippen LogP contribution in [0.4, 0.5) is 11.4 Å². The molecule has 0 aliphatic heterocycles. The lowest BCUT2D eigenvalue weighted by molar-refractivity contribution is -0.113. The first-order chi connectivity index (χ1) is 15.6. The van der Waals surface area contributed by atoms with Gasteiger partial charge in [0.05, 0.1) is 17.0 Å². The average molecular weight is 444 g/mol. The van der Waals surface area contributed by atoms with Gasteiger partial charge in [-0.15, -0.1) is 10.2 Å². The maximum Gasteiger partial charge on any atom is 0.257 e. The summed E-state index contributed by atoms with van der Waals surface area (Å²) in [4.78, 5) is 25.3. The predicted octanol–water partition coefficient (Wildman–Crippen LogP) is 4.47. The summed E-state index contributed by atoms with van der Waals surface area (Å²) >= 11 is 1.28. The molecular formula is C24H21N5O2S. The van der Waals surface area contributed by atoms with Crippen LogP contribution >= 0.6 is 11.8 Å². The van der Waals surface area contributed by atoms with E-state index in [1.54, 1.807) is 36.4 Å². The van der Waals surface area contributed by atoms with E-state index in [1.807, 2.05) is 60.1 Å². The van der Waals surface area contributed by atoms with E-state index in [2.05, 4.69) is 20.8 Å². The van der Waals surface area contributed by atoms with Gasteiger partial charge in [-0.1, -0.05) is 72.4 Å². The number of nitrogens with zero attached hydrogens (tertiary/aromatic N) is 3. The van der Waals surface area contributed by atoms with Gasteiger partial charge in [0.2, 0.25) is 5.91 Å². The zero-order chi connectivity index (χ0) is 22.3. The molecule has 2 amide bonds. The molecule has 4 aromatic rings. The number of thioether (sulfide) groups is 1. The fourth-order valence-corrected chi connectivity index (χ4v) is 3.82. The lowest BCUT2D eigenvalue weighted by Gasteiger charge is -2.11. The summed E-state index contributed by atoms with van der Waals surface area (Å²) in [5, 5.41) is 14.7. The van der Waals surface area contributed by atoms with Gasteiger partial charge in [0.25, 0.3) is 5.91 Å². The highest BCUT2D eigenvalue weighted by molar-refractivity contribution is 7.99. The van der Waals surface area contributed by atoms with Gasteiger partial charge in [0.15, 0.2) is 11.0 Å². The molecule has 1 heterocycles. The van der Waals surface area contributed by atoms with Crippen molar-refractivity contribution in [3.8, 4) is 11.4 Å². The Bertz CT molecular complexity index is 1230. The monoisotopic (exact) mass is 443 g/mol. The number of hydrogen-bond donors (Lipinski definition) is 2. The Kier molecular flexibility index (Phi) is 6.62. The summed E-state index contributed by atoms with van der Waals surface area (Å²) in [5.74, 6) is 0.339. The number of anilines is 2. The molecule has 0 spiro atoms. The average Bonchev–Trinajstić information content (AvgIpc) is 3.19. The second-order valence-corrected chi connectivity index (χ2v) is 7.88. The summed E-state index contributed by atoms with van der Waals surface area (Å²) in [7, 11) is 1.87. The highest BCUT2D eigenvalue weighted by Gasteiger charge is 2.16. The molecule has 0 saturated heterocycles. The number of benzene rings is 3. The van der Waals surface area contributed by atoms with E-state index >= 15 is 0 Å². The molecule has 0 saturated carbocycles. The largest absolute Gasteiger partial charge is 0.325 e. The Hall–Kier alpha value is -3.91. The molecule has 0 bridgehead atoms. The Balaban J connectivity index is 1.40. The highest BCUT2D eigenvalue weighted by atomic mass is 32.2. The summed E-state index contributed by atoms with van der Waals surface area (Å²) in [6.07, 6.45) is 0. The van der Waals surface area contributed by atoms with Gasteiger partial charge in [0.1, 0.15) is 0 Å². The van der Waals surface area contributed by atoms with E-state index in [1.165, 1.54) is 11.8 Å². The molecule has 0 aliphatic rings. The number of para-hydroxylation sites is 2. The maximum atomic E-state index is 12.7. The summed E-state index contributed by atoms with van der Waals surface area (Å²) in [6, 6.07) is 25.8. The van der Waals surface area contributed by atoms with Crippen LogP contribution in [0.5, 0.6) is 0 Å². The standard InChI is InChI=1S/C24H21N5O2S/c1-29-22(17-10-4-2-5-11-17)27-28-24(29)32-16-21(30)26-20-15-9-8-14-19(20)23(31)25-18-12-6-3-7-13-18/h2-15H,16H2,1H3,(H,25,31)(H,26,30). The fraction of sp³-hybridized carbons (Fsp3) is 0.0833. The van der Waals surface area contributed by atoms with Crippen molar-refractivity contribution in [2.24, 2.45) is 7.05 Å². The van der Waals surface area contributed by atoms with Crippen molar-refractivity contribution in [2.45, 2.75) is 5.16 Å². The van der Waals surface area contributed by atoms with Crippen molar-refractivity contribution in [1.29, 1.82) is 0 Å². The van der Waals surface area contributed by atoms with Crippen LogP contribution in [0.25, 0.3) is 11.4 Å². The molecule has 2 N–H and O–H groups in total. The molecule has 1 aromatic heterocycles. The minimum absolute atomic E-state index is 0.134. The number of aromatic nitrogens is 3. The van der Waals surface area contributed by atoms with E-state index in [-0.39, 0.29) is 17.6 Å². The topological polar surface area (TPSA) is 88.9 Å². The van der Waals surface area contributed by atoms with Crippen molar-refractivity contribution >= 4 is 35.0 Å². The second kappa shape index (κ2) is 9.93. The first-order valence-electron chi connectivity index (χ1n) is 9.94. The van der Waals surface area contributed by atoms with Crippen LogP contribution in [0.1, 0.15) is 10.4 Å². The van der Waals surface area contributed by atoms with Crippen molar-refractivity contribution in [3.05, 3.63) is 90.5 Å². The lowest BCUT2D eigenvalue weighted by atomic mass is 10.1. The van der Waals surface area contributed by atoms with Gasteiger partial charge >= 0.3 is 0 Å². The predicted molar refractivity (Wildman–Crippen MR) is 127 cm³/mol. The molecule has 0 radical (unpaired) electrons. The van der Waals surface area contributed by atoms with Gasteiger partial charge in [0, 0.05) is 18.3 Å². The maximum absolute atomic E-state index is 12.7. The lowest BCUT2D eigenvalue weighted by Crippen LogP contribution is -2.19. The van der Waals surface area contributed by atoms with Crippen LogP contribution in [0.15, 0.2) is 90.1 Å². The molecule has 3 aromatic carbocycles. The van der Waals surface area contributed by atoms with E-state index in [9.17, 15) is 9.59 Å². The molecule has 0 aliphatic carbocycles. The first kappa shape index (κ1) is 21.3. The van der Waals surface area contributed by atoms with Gasteiger partial charge in [-0.3, -0.25) is 9.59 Å². The van der Waals surface area contributed by atoms with Crippen molar-refractivity contribution in [1.82, 2.24) is 14.8 Å². The molecule has 0 atom stereocenters. The van der Waals surface area contributed by atoms with E-state index in [0.29, 0.717) is 22.1 Å². The molecule has 4 rings (SSSR count). The second-order valence-electron chi connectivity index (χ2n) is 6.93. The minimum atomic E-state index is -0.291. The normalized spacial score (nSPS) is 10.5. The van der Waals surface area contributed by atoms with E-state index in [4.69, 9.17) is 0 Å². The zero-order valence-electron chi connectivity index (χ0n) is 17.4. The Morgan fingerprint density at radius 3 is 2.25 bits per heavy atom. The smallest absolute Gasteiger partial charge is 0.257 e. The van der Waals surface area contributed by atoms with Gasteiger partial charge in [-0.05, 0) is 24.3 Å². The summed E-state index contributed by atoms with van der Waals surface area (Å²) in [6.45, 7) is 0. The SMILES string of the molecule is Cn1c(SCC(=O)Nc2ccccc2C(=O)Nc2ccccc2)nnc1-c1ccccc1. The van der Waals surface area contributed by atoms with Crippen LogP contribution in [0, 0.1) is 0 Å². The number of amides is 2. The van der Waals surface area contributed by atoms with Crippen molar-refractivity contribution < 1.29 is 9.59 Å². The third-order valence-electron chi connectivity index (χ3n) is 4.68. The quantitative estimate of drug-likeness (QED) is 0.412. The minimum Gasteiger partial charge on any atom is -0.325 e. The van der Waals surface area contributed by atoms with Crippen LogP contribution in [-0.4, -0.2) is 32.3 Å². The fourth-order valence-electron chi connectivity index (χ4n) is 3.11. The van der Waals surface area contributed by atoms with E-state index in [0.717, 1.165) is 11.4 Å². The number of rotatable bonds is 7. The van der Waals surface area contributed by atoms with Crippen LogP contribution in [0.3, 0.4) is 0 Å². The van der Waals surface area contributed by atoms with Crippen LogP contribution in [-0.2, 0) is 11.8 Å². The third-order valence-corrected chi connectivity index (χ3v) is 5.70.